The van der Waals surface area contributed by atoms with Crippen molar-refractivity contribution in [1.82, 2.24) is 14.9 Å². The Balaban J connectivity index is 1.79. The van der Waals surface area contributed by atoms with E-state index in [4.69, 9.17) is 4.74 Å². The normalized spacial score (nSPS) is 18.7. The predicted octanol–water partition coefficient (Wildman–Crippen LogP) is 1.35. The third kappa shape index (κ3) is 3.03. The fraction of sp³-hybridized carbons (Fsp3) is 0.357. The van der Waals surface area contributed by atoms with E-state index in [0.29, 0.717) is 36.8 Å². The number of aromatic nitrogens is 2. The van der Waals surface area contributed by atoms with Gasteiger partial charge in [-0.25, -0.2) is 4.98 Å². The average molecular weight is 305 g/mol. The number of aromatic amines is 1. The summed E-state index contributed by atoms with van der Waals surface area (Å²) in [6, 6.07) is 3.24. The Kier molecular flexibility index (Phi) is 3.85. The highest BCUT2D eigenvalue weighted by molar-refractivity contribution is 7.08. The second-order valence-electron chi connectivity index (χ2n) is 4.89. The molecule has 1 atom stereocenters. The topological polar surface area (TPSA) is 75.3 Å². The van der Waals surface area contributed by atoms with Crippen LogP contribution in [0.25, 0.3) is 0 Å². The molecule has 3 rings (SSSR count). The molecule has 0 saturated carbocycles. The van der Waals surface area contributed by atoms with Crippen molar-refractivity contribution in [2.45, 2.75) is 13.0 Å². The molecule has 21 heavy (non-hydrogen) atoms. The molecule has 0 spiro atoms. The lowest BCUT2D eigenvalue weighted by Crippen LogP contribution is -2.42. The lowest BCUT2D eigenvalue weighted by atomic mass is 10.2. The molecule has 0 bridgehead atoms. The Morgan fingerprint density at radius 3 is 3.14 bits per heavy atom. The zero-order valence-corrected chi connectivity index (χ0v) is 12.4. The summed E-state index contributed by atoms with van der Waals surface area (Å²) in [5, 5.41) is 3.71. The van der Waals surface area contributed by atoms with E-state index in [0.717, 1.165) is 0 Å². The predicted molar refractivity (Wildman–Crippen MR) is 78.5 cm³/mol. The molecule has 1 aliphatic rings. The first-order valence-corrected chi connectivity index (χ1v) is 7.59. The number of H-pyrrole nitrogens is 1. The van der Waals surface area contributed by atoms with Crippen molar-refractivity contribution >= 4 is 17.2 Å². The van der Waals surface area contributed by atoms with Crippen LogP contribution in [0.1, 0.15) is 28.0 Å². The van der Waals surface area contributed by atoms with Gasteiger partial charge in [0.25, 0.3) is 11.5 Å². The molecule has 1 amide bonds. The summed E-state index contributed by atoms with van der Waals surface area (Å²) in [7, 11) is 0. The lowest BCUT2D eigenvalue weighted by Gasteiger charge is -2.32. The molecule has 0 unspecified atom stereocenters. The maximum atomic E-state index is 12.4. The van der Waals surface area contributed by atoms with E-state index in [2.05, 4.69) is 9.97 Å². The minimum atomic E-state index is -0.395. The summed E-state index contributed by atoms with van der Waals surface area (Å²) < 4.78 is 5.65. The first kappa shape index (κ1) is 14.0. The number of nitrogens with one attached hydrogen (secondary N) is 1. The number of thiophene rings is 1. The summed E-state index contributed by atoms with van der Waals surface area (Å²) in [6.45, 7) is 3.12. The maximum absolute atomic E-state index is 12.4. The van der Waals surface area contributed by atoms with Crippen molar-refractivity contribution in [3.05, 3.63) is 50.3 Å². The molecular formula is C14H15N3O3S. The second kappa shape index (κ2) is 5.79. The van der Waals surface area contributed by atoms with E-state index in [1.54, 1.807) is 11.8 Å². The summed E-state index contributed by atoms with van der Waals surface area (Å²) in [5.74, 6) is 0.461. The van der Waals surface area contributed by atoms with E-state index in [9.17, 15) is 9.59 Å². The molecule has 3 heterocycles. The molecule has 0 aromatic carbocycles. The lowest BCUT2D eigenvalue weighted by molar-refractivity contribution is -0.0269. The number of aryl methyl sites for hydroxylation is 1. The molecule has 1 aliphatic heterocycles. The van der Waals surface area contributed by atoms with Crippen LogP contribution in [0.5, 0.6) is 0 Å². The van der Waals surface area contributed by atoms with Gasteiger partial charge in [-0.05, 0) is 18.4 Å². The van der Waals surface area contributed by atoms with Crippen molar-refractivity contribution in [3.63, 3.8) is 0 Å². The van der Waals surface area contributed by atoms with Crippen LogP contribution >= 0.6 is 11.3 Å². The second-order valence-corrected chi connectivity index (χ2v) is 5.67. The van der Waals surface area contributed by atoms with E-state index >= 15 is 0 Å². The molecule has 2 aromatic rings. The third-order valence-electron chi connectivity index (χ3n) is 3.31. The van der Waals surface area contributed by atoms with Gasteiger partial charge in [0, 0.05) is 23.7 Å². The van der Waals surface area contributed by atoms with Gasteiger partial charge < -0.3 is 14.6 Å². The smallest absolute Gasteiger partial charge is 0.254 e. The number of rotatable bonds is 2. The van der Waals surface area contributed by atoms with Crippen molar-refractivity contribution in [3.8, 4) is 0 Å². The van der Waals surface area contributed by atoms with Crippen molar-refractivity contribution in [2.24, 2.45) is 0 Å². The number of morpholine rings is 1. The number of carbonyl (C=O) groups is 1. The molecule has 1 saturated heterocycles. The molecule has 2 aromatic heterocycles. The SMILES string of the molecule is Cc1cc(=O)[nH]c([C@@H]2CN(C(=O)c3ccsc3)CCO2)n1. The Hall–Kier alpha value is -1.99. The summed E-state index contributed by atoms with van der Waals surface area (Å²) in [5.41, 5.74) is 1.12. The highest BCUT2D eigenvalue weighted by Gasteiger charge is 2.27. The zero-order chi connectivity index (χ0) is 14.8. The van der Waals surface area contributed by atoms with Crippen LogP contribution in [-0.4, -0.2) is 40.5 Å². The van der Waals surface area contributed by atoms with Gasteiger partial charge in [-0.2, -0.15) is 11.3 Å². The van der Waals surface area contributed by atoms with Crippen molar-refractivity contribution < 1.29 is 9.53 Å². The van der Waals surface area contributed by atoms with Crippen LogP contribution in [0.4, 0.5) is 0 Å². The summed E-state index contributed by atoms with van der Waals surface area (Å²) in [4.78, 5) is 32.6. The van der Waals surface area contributed by atoms with E-state index in [-0.39, 0.29) is 11.5 Å². The van der Waals surface area contributed by atoms with Gasteiger partial charge in [-0.3, -0.25) is 9.59 Å². The fourth-order valence-electron chi connectivity index (χ4n) is 2.32. The van der Waals surface area contributed by atoms with Crippen LogP contribution < -0.4 is 5.56 Å². The molecular weight excluding hydrogens is 290 g/mol. The first-order chi connectivity index (χ1) is 10.1. The number of hydrogen-bond acceptors (Lipinski definition) is 5. The largest absolute Gasteiger partial charge is 0.367 e. The fourth-order valence-corrected chi connectivity index (χ4v) is 2.95. The highest BCUT2D eigenvalue weighted by Crippen LogP contribution is 2.20. The average Bonchev–Trinajstić information content (AvgIpc) is 3.00. The molecule has 1 N–H and O–H groups in total. The third-order valence-corrected chi connectivity index (χ3v) is 4.00. The Morgan fingerprint density at radius 1 is 1.57 bits per heavy atom. The molecule has 1 fully saturated rings. The van der Waals surface area contributed by atoms with Gasteiger partial charge in [-0.15, -0.1) is 0 Å². The van der Waals surface area contributed by atoms with Crippen LogP contribution in [0.2, 0.25) is 0 Å². The van der Waals surface area contributed by atoms with Crippen LogP contribution in [0.3, 0.4) is 0 Å². The quantitative estimate of drug-likeness (QED) is 0.909. The van der Waals surface area contributed by atoms with E-state index in [1.807, 2.05) is 16.8 Å². The Morgan fingerprint density at radius 2 is 2.43 bits per heavy atom. The molecule has 6 nitrogen and oxygen atoms in total. The molecule has 0 aliphatic carbocycles. The first-order valence-electron chi connectivity index (χ1n) is 6.64. The molecule has 7 heteroatoms. The Labute approximate surface area is 125 Å². The van der Waals surface area contributed by atoms with Gasteiger partial charge in [0.05, 0.1) is 18.7 Å². The van der Waals surface area contributed by atoms with Crippen LogP contribution in [0, 0.1) is 6.92 Å². The summed E-state index contributed by atoms with van der Waals surface area (Å²) >= 11 is 1.49. The van der Waals surface area contributed by atoms with Gasteiger partial charge in [-0.1, -0.05) is 0 Å². The minimum absolute atomic E-state index is 0.0143. The van der Waals surface area contributed by atoms with Crippen molar-refractivity contribution in [2.75, 3.05) is 19.7 Å². The molecule has 110 valence electrons. The van der Waals surface area contributed by atoms with Gasteiger partial charge in [0.2, 0.25) is 0 Å². The minimum Gasteiger partial charge on any atom is -0.367 e. The van der Waals surface area contributed by atoms with Crippen LogP contribution in [0.15, 0.2) is 27.7 Å². The van der Waals surface area contributed by atoms with E-state index < -0.39 is 6.10 Å². The number of hydrogen-bond donors (Lipinski definition) is 1. The summed E-state index contributed by atoms with van der Waals surface area (Å²) in [6.07, 6.45) is -0.395. The number of ether oxygens (including phenoxy) is 1. The number of nitrogens with zero attached hydrogens (tertiary/aromatic N) is 2. The standard InChI is InChI=1S/C14H15N3O3S/c1-9-6-12(18)16-13(15-9)11-7-17(3-4-20-11)14(19)10-2-5-21-8-10/h2,5-6,8,11H,3-4,7H2,1H3,(H,15,16,18)/t11-/m0/s1. The number of amides is 1. The van der Waals surface area contributed by atoms with Gasteiger partial charge in [0.1, 0.15) is 11.9 Å². The monoisotopic (exact) mass is 305 g/mol. The van der Waals surface area contributed by atoms with Gasteiger partial charge in [0.15, 0.2) is 0 Å². The van der Waals surface area contributed by atoms with E-state index in [1.165, 1.54) is 17.4 Å². The number of carbonyl (C=O) groups excluding carboxylic acids is 1. The van der Waals surface area contributed by atoms with Crippen molar-refractivity contribution in [1.29, 1.82) is 0 Å². The van der Waals surface area contributed by atoms with Gasteiger partial charge >= 0.3 is 0 Å². The molecule has 0 radical (unpaired) electrons. The maximum Gasteiger partial charge on any atom is 0.254 e. The zero-order valence-electron chi connectivity index (χ0n) is 11.5. The Bertz CT molecular complexity index is 696. The highest BCUT2D eigenvalue weighted by atomic mass is 32.1. The van der Waals surface area contributed by atoms with Crippen LogP contribution in [-0.2, 0) is 4.74 Å².